The van der Waals surface area contributed by atoms with Gasteiger partial charge in [0.15, 0.2) is 0 Å². The molecule has 2 fully saturated rings. The van der Waals surface area contributed by atoms with Crippen LogP contribution in [0.5, 0.6) is 0 Å². The number of aromatic nitrogens is 2. The summed E-state index contributed by atoms with van der Waals surface area (Å²) in [6.45, 7) is 2.96. The van der Waals surface area contributed by atoms with Gasteiger partial charge in [-0.25, -0.2) is 0 Å². The van der Waals surface area contributed by atoms with Gasteiger partial charge in [-0.05, 0) is 19.4 Å². The lowest BCUT2D eigenvalue weighted by Gasteiger charge is -2.38. The van der Waals surface area contributed by atoms with Crippen molar-refractivity contribution in [1.29, 1.82) is 0 Å². The van der Waals surface area contributed by atoms with Gasteiger partial charge in [-0.15, -0.1) is 0 Å². The highest BCUT2D eigenvalue weighted by Gasteiger charge is 2.36. The lowest BCUT2D eigenvalue weighted by Crippen LogP contribution is -2.51. The summed E-state index contributed by atoms with van der Waals surface area (Å²) in [5.74, 6) is 5.70. The summed E-state index contributed by atoms with van der Waals surface area (Å²) in [4.78, 5) is 2.52. The molecule has 0 bridgehead atoms. The average molecular weight is 251 g/mol. The maximum atomic E-state index is 5.99. The maximum Gasteiger partial charge on any atom is 0.0911 e. The van der Waals surface area contributed by atoms with E-state index in [2.05, 4.69) is 15.4 Å². The second kappa shape index (κ2) is 4.97. The van der Waals surface area contributed by atoms with Crippen molar-refractivity contribution >= 4 is 0 Å². The third-order valence-corrected chi connectivity index (χ3v) is 4.05. The van der Waals surface area contributed by atoms with E-state index in [4.69, 9.17) is 10.6 Å². The number of nitrogens with zero attached hydrogens (tertiary/aromatic N) is 3. The van der Waals surface area contributed by atoms with Crippen molar-refractivity contribution in [3.8, 4) is 0 Å². The minimum atomic E-state index is 0.0141. The third-order valence-electron chi connectivity index (χ3n) is 4.05. The molecule has 2 aliphatic rings. The minimum Gasteiger partial charge on any atom is -0.373 e. The minimum absolute atomic E-state index is 0.0141. The fraction of sp³-hybridized carbons (Fsp3) is 0.750. The van der Waals surface area contributed by atoms with Crippen LogP contribution in [-0.2, 0) is 11.8 Å². The molecule has 0 aliphatic carbocycles. The molecule has 3 atom stereocenters. The van der Waals surface area contributed by atoms with E-state index in [0.29, 0.717) is 6.04 Å². The highest BCUT2D eigenvalue weighted by molar-refractivity contribution is 5.13. The molecule has 0 radical (unpaired) electrons. The van der Waals surface area contributed by atoms with Gasteiger partial charge >= 0.3 is 0 Å². The van der Waals surface area contributed by atoms with Gasteiger partial charge in [0.05, 0.1) is 24.9 Å². The van der Waals surface area contributed by atoms with Crippen molar-refractivity contribution in [3.05, 3.63) is 18.0 Å². The van der Waals surface area contributed by atoms with E-state index in [9.17, 15) is 0 Å². The van der Waals surface area contributed by atoms with Gasteiger partial charge in [0, 0.05) is 31.4 Å². The normalized spacial score (nSPS) is 30.3. The largest absolute Gasteiger partial charge is 0.373 e. The van der Waals surface area contributed by atoms with Crippen LogP contribution in [0.4, 0.5) is 0 Å². The number of aryl methyl sites for hydroxylation is 1. The number of fused-ring (bicyclic) bond motifs is 1. The van der Waals surface area contributed by atoms with Crippen molar-refractivity contribution in [1.82, 2.24) is 20.1 Å². The predicted octanol–water partition coefficient (Wildman–Crippen LogP) is -0.212. The number of ether oxygens (including phenoxy) is 1. The molecule has 1 aromatic heterocycles. The zero-order valence-electron chi connectivity index (χ0n) is 10.7. The molecule has 3 rings (SSSR count). The Balaban J connectivity index is 1.72. The van der Waals surface area contributed by atoms with E-state index in [1.807, 2.05) is 19.4 Å². The number of hydrogen-bond donors (Lipinski definition) is 2. The Kier molecular flexibility index (Phi) is 3.34. The monoisotopic (exact) mass is 251 g/mol. The molecular weight excluding hydrogens is 230 g/mol. The number of hydrazine groups is 1. The maximum absolute atomic E-state index is 5.99. The lowest BCUT2D eigenvalue weighted by atomic mass is 10.0. The van der Waals surface area contributed by atoms with Gasteiger partial charge in [0.1, 0.15) is 0 Å². The molecule has 6 nitrogen and oxygen atoms in total. The molecule has 2 saturated heterocycles. The molecule has 6 heteroatoms. The van der Waals surface area contributed by atoms with Crippen LogP contribution in [0.25, 0.3) is 0 Å². The zero-order valence-corrected chi connectivity index (χ0v) is 10.7. The Hall–Kier alpha value is -0.950. The first kappa shape index (κ1) is 12.1. The molecule has 3 N–H and O–H groups in total. The van der Waals surface area contributed by atoms with Gasteiger partial charge in [-0.3, -0.25) is 20.9 Å². The van der Waals surface area contributed by atoms with E-state index >= 15 is 0 Å². The molecule has 0 amide bonds. The van der Waals surface area contributed by atoms with Crippen LogP contribution >= 0.6 is 0 Å². The van der Waals surface area contributed by atoms with Crippen LogP contribution in [0.15, 0.2) is 12.4 Å². The van der Waals surface area contributed by atoms with Crippen molar-refractivity contribution in [2.24, 2.45) is 12.9 Å². The summed E-state index contributed by atoms with van der Waals surface area (Å²) in [5.41, 5.74) is 3.96. The van der Waals surface area contributed by atoms with Gasteiger partial charge in [-0.1, -0.05) is 0 Å². The molecule has 0 aromatic carbocycles. The van der Waals surface area contributed by atoms with Gasteiger partial charge in [0.25, 0.3) is 0 Å². The van der Waals surface area contributed by atoms with E-state index in [1.165, 1.54) is 19.4 Å². The Morgan fingerprint density at radius 3 is 3.22 bits per heavy atom. The van der Waals surface area contributed by atoms with Crippen LogP contribution in [-0.4, -0.2) is 46.5 Å². The summed E-state index contributed by atoms with van der Waals surface area (Å²) in [5, 5.41) is 4.20. The first-order valence-corrected chi connectivity index (χ1v) is 6.58. The summed E-state index contributed by atoms with van der Waals surface area (Å²) in [7, 11) is 1.91. The molecule has 18 heavy (non-hydrogen) atoms. The average Bonchev–Trinajstić information content (AvgIpc) is 2.99. The second-order valence-electron chi connectivity index (χ2n) is 5.25. The summed E-state index contributed by atoms with van der Waals surface area (Å²) in [6.07, 6.45) is 6.50. The van der Waals surface area contributed by atoms with E-state index in [0.717, 1.165) is 18.7 Å². The van der Waals surface area contributed by atoms with E-state index < -0.39 is 0 Å². The SMILES string of the molecule is Cn1cc(C(NN)C2CN3CCCC3CO2)cn1. The summed E-state index contributed by atoms with van der Waals surface area (Å²) < 4.78 is 7.78. The van der Waals surface area contributed by atoms with Crippen LogP contribution in [0.2, 0.25) is 0 Å². The highest BCUT2D eigenvalue weighted by atomic mass is 16.5. The topological polar surface area (TPSA) is 68.3 Å². The predicted molar refractivity (Wildman–Crippen MR) is 67.6 cm³/mol. The zero-order chi connectivity index (χ0) is 12.5. The number of rotatable bonds is 3. The molecule has 2 aliphatic heterocycles. The fourth-order valence-electron chi connectivity index (χ4n) is 3.06. The van der Waals surface area contributed by atoms with Crippen molar-refractivity contribution < 1.29 is 4.74 Å². The smallest absolute Gasteiger partial charge is 0.0911 e. The Bertz CT molecular complexity index is 407. The molecule has 0 saturated carbocycles. The van der Waals surface area contributed by atoms with Crippen molar-refractivity contribution in [2.75, 3.05) is 19.7 Å². The quantitative estimate of drug-likeness (QED) is 0.574. The van der Waals surface area contributed by atoms with E-state index in [1.54, 1.807) is 4.68 Å². The highest BCUT2D eigenvalue weighted by Crippen LogP contribution is 2.28. The molecule has 100 valence electrons. The van der Waals surface area contributed by atoms with Crippen molar-refractivity contribution in [2.45, 2.75) is 31.0 Å². The number of nitrogens with one attached hydrogen (secondary N) is 1. The second-order valence-corrected chi connectivity index (χ2v) is 5.25. The number of hydrogen-bond acceptors (Lipinski definition) is 5. The molecule has 3 unspecified atom stereocenters. The number of morpholine rings is 1. The number of nitrogens with two attached hydrogens (primary N) is 1. The Labute approximate surface area is 107 Å². The first-order valence-electron chi connectivity index (χ1n) is 6.58. The van der Waals surface area contributed by atoms with Crippen molar-refractivity contribution in [3.63, 3.8) is 0 Å². The van der Waals surface area contributed by atoms with Gasteiger partial charge in [-0.2, -0.15) is 5.10 Å². The summed E-state index contributed by atoms with van der Waals surface area (Å²) in [6, 6.07) is 0.633. The molecule has 1 aromatic rings. The van der Waals surface area contributed by atoms with Gasteiger partial charge in [0.2, 0.25) is 0 Å². The van der Waals surface area contributed by atoms with Gasteiger partial charge < -0.3 is 4.74 Å². The molecule has 3 heterocycles. The van der Waals surface area contributed by atoms with Crippen LogP contribution in [0.1, 0.15) is 24.4 Å². The van der Waals surface area contributed by atoms with E-state index in [-0.39, 0.29) is 12.1 Å². The van der Waals surface area contributed by atoms with Crippen LogP contribution in [0.3, 0.4) is 0 Å². The molecule has 0 spiro atoms. The van der Waals surface area contributed by atoms with Crippen LogP contribution < -0.4 is 11.3 Å². The molecular formula is C12H21N5O. The first-order chi connectivity index (χ1) is 8.78. The third kappa shape index (κ3) is 2.16. The fourth-order valence-corrected chi connectivity index (χ4v) is 3.06. The lowest BCUT2D eigenvalue weighted by molar-refractivity contribution is -0.0653. The Morgan fingerprint density at radius 1 is 1.61 bits per heavy atom. The Morgan fingerprint density at radius 2 is 2.50 bits per heavy atom. The standard InChI is InChI=1S/C12H21N5O/c1-16-6-9(5-14-16)12(15-13)11-7-17-4-2-3-10(17)8-18-11/h5-6,10-12,15H,2-4,7-8,13H2,1H3. The summed E-state index contributed by atoms with van der Waals surface area (Å²) >= 11 is 0. The van der Waals surface area contributed by atoms with Crippen LogP contribution in [0, 0.1) is 0 Å².